The fourth-order valence-corrected chi connectivity index (χ4v) is 3.63. The molecule has 5 heteroatoms. The van der Waals surface area contributed by atoms with Gasteiger partial charge in [-0.1, -0.05) is 48.5 Å². The summed E-state index contributed by atoms with van der Waals surface area (Å²) in [5.74, 6) is 0.0881. The van der Waals surface area contributed by atoms with Crippen LogP contribution in [0.4, 0.5) is 0 Å². The van der Waals surface area contributed by atoms with Gasteiger partial charge in [-0.15, -0.1) is 0 Å². The molecule has 2 heterocycles. The largest absolute Gasteiger partial charge is 0.357 e. The molecule has 1 aliphatic heterocycles. The van der Waals surface area contributed by atoms with Gasteiger partial charge in [-0.05, 0) is 23.1 Å². The summed E-state index contributed by atoms with van der Waals surface area (Å²) in [6, 6.07) is 20.8. The third kappa shape index (κ3) is 4.76. The number of amides is 1. The molecule has 0 spiro atoms. The number of piperazine rings is 1. The number of rotatable bonds is 6. The summed E-state index contributed by atoms with van der Waals surface area (Å²) in [4.78, 5) is 20.3. The summed E-state index contributed by atoms with van der Waals surface area (Å²) in [6.45, 7) is 5.88. The molecule has 2 N–H and O–H groups in total. The molecule has 0 radical (unpaired) electrons. The highest BCUT2D eigenvalue weighted by atomic mass is 16.2. The van der Waals surface area contributed by atoms with E-state index in [9.17, 15) is 4.79 Å². The molecule has 1 fully saturated rings. The van der Waals surface area contributed by atoms with Crippen LogP contribution in [0.25, 0.3) is 10.9 Å². The van der Waals surface area contributed by atoms with Crippen molar-refractivity contribution < 1.29 is 4.79 Å². The SMILES string of the molecule is O=C(CN1CCN(Cc2ccccc2)CC1)NCc1cc2ccccc2[nH]1. The highest BCUT2D eigenvalue weighted by Gasteiger charge is 2.19. The van der Waals surface area contributed by atoms with Crippen molar-refractivity contribution in [2.75, 3.05) is 32.7 Å². The van der Waals surface area contributed by atoms with Crippen LogP contribution in [0.5, 0.6) is 0 Å². The number of fused-ring (bicyclic) bond motifs is 1. The summed E-state index contributed by atoms with van der Waals surface area (Å²) in [5.41, 5.74) is 3.50. The Kier molecular flexibility index (Phi) is 5.51. The van der Waals surface area contributed by atoms with Crippen molar-refractivity contribution in [2.45, 2.75) is 13.1 Å². The first-order valence-corrected chi connectivity index (χ1v) is 9.58. The number of nitrogens with one attached hydrogen (secondary N) is 2. The molecule has 1 saturated heterocycles. The molecule has 0 saturated carbocycles. The van der Waals surface area contributed by atoms with E-state index in [1.165, 1.54) is 10.9 Å². The molecule has 1 amide bonds. The number of aromatic nitrogens is 1. The van der Waals surface area contributed by atoms with Gasteiger partial charge in [-0.25, -0.2) is 0 Å². The number of benzene rings is 2. The Morgan fingerprint density at radius 1 is 0.926 bits per heavy atom. The average Bonchev–Trinajstić information content (AvgIpc) is 3.12. The average molecular weight is 362 g/mol. The third-order valence-corrected chi connectivity index (χ3v) is 5.14. The van der Waals surface area contributed by atoms with Gasteiger partial charge in [-0.2, -0.15) is 0 Å². The maximum absolute atomic E-state index is 12.3. The zero-order chi connectivity index (χ0) is 18.5. The Bertz CT molecular complexity index is 848. The summed E-state index contributed by atoms with van der Waals surface area (Å²) in [6.07, 6.45) is 0. The standard InChI is InChI=1S/C22H26N4O/c27-22(23-15-20-14-19-8-4-5-9-21(19)24-20)17-26-12-10-25(11-13-26)16-18-6-2-1-3-7-18/h1-9,14,24H,10-13,15-17H2,(H,23,27). The van der Waals surface area contributed by atoms with E-state index in [0.717, 1.165) is 43.9 Å². The summed E-state index contributed by atoms with van der Waals surface area (Å²) < 4.78 is 0. The predicted octanol–water partition coefficient (Wildman–Crippen LogP) is 2.60. The van der Waals surface area contributed by atoms with Gasteiger partial charge < -0.3 is 10.3 Å². The lowest BCUT2D eigenvalue weighted by atomic mass is 10.2. The minimum absolute atomic E-state index is 0.0881. The molecule has 3 aromatic rings. The fraction of sp³-hybridized carbons (Fsp3) is 0.318. The normalized spacial score (nSPS) is 15.9. The first-order valence-electron chi connectivity index (χ1n) is 9.58. The summed E-state index contributed by atoms with van der Waals surface area (Å²) in [7, 11) is 0. The zero-order valence-corrected chi connectivity index (χ0v) is 15.5. The van der Waals surface area contributed by atoms with E-state index in [-0.39, 0.29) is 5.91 Å². The van der Waals surface area contributed by atoms with E-state index in [4.69, 9.17) is 0 Å². The van der Waals surface area contributed by atoms with Crippen molar-refractivity contribution in [3.8, 4) is 0 Å². The molecule has 4 rings (SSSR count). The van der Waals surface area contributed by atoms with Crippen molar-refractivity contribution >= 4 is 16.8 Å². The number of carbonyl (C=O) groups excluding carboxylic acids is 1. The van der Waals surface area contributed by atoms with E-state index >= 15 is 0 Å². The number of hydrogen-bond acceptors (Lipinski definition) is 3. The maximum Gasteiger partial charge on any atom is 0.234 e. The maximum atomic E-state index is 12.3. The molecule has 0 unspecified atom stereocenters. The van der Waals surface area contributed by atoms with E-state index in [0.29, 0.717) is 13.1 Å². The fourth-order valence-electron chi connectivity index (χ4n) is 3.63. The zero-order valence-electron chi connectivity index (χ0n) is 15.5. The van der Waals surface area contributed by atoms with Crippen LogP contribution in [0.1, 0.15) is 11.3 Å². The van der Waals surface area contributed by atoms with Crippen molar-refractivity contribution in [1.29, 1.82) is 0 Å². The summed E-state index contributed by atoms with van der Waals surface area (Å²) in [5, 5.41) is 4.21. The van der Waals surface area contributed by atoms with Gasteiger partial charge in [0.2, 0.25) is 5.91 Å². The van der Waals surface area contributed by atoms with Gasteiger partial charge in [0.25, 0.3) is 0 Å². The van der Waals surface area contributed by atoms with E-state index in [1.807, 2.05) is 12.1 Å². The van der Waals surface area contributed by atoms with Crippen LogP contribution in [0.2, 0.25) is 0 Å². The number of para-hydroxylation sites is 1. The molecule has 5 nitrogen and oxygen atoms in total. The van der Waals surface area contributed by atoms with Crippen molar-refractivity contribution in [2.24, 2.45) is 0 Å². The second kappa shape index (κ2) is 8.37. The van der Waals surface area contributed by atoms with Crippen LogP contribution in [0, 0.1) is 0 Å². The molecule has 0 atom stereocenters. The number of carbonyl (C=O) groups is 1. The number of aromatic amines is 1. The van der Waals surface area contributed by atoms with Gasteiger partial charge in [0.05, 0.1) is 13.1 Å². The Balaban J connectivity index is 1.20. The van der Waals surface area contributed by atoms with Gasteiger partial charge in [0.1, 0.15) is 0 Å². The molecule has 0 aliphatic carbocycles. The van der Waals surface area contributed by atoms with Crippen molar-refractivity contribution in [3.05, 3.63) is 71.9 Å². The first-order chi connectivity index (χ1) is 13.3. The van der Waals surface area contributed by atoms with Crippen LogP contribution < -0.4 is 5.32 Å². The monoisotopic (exact) mass is 362 g/mol. The van der Waals surface area contributed by atoms with Crippen LogP contribution >= 0.6 is 0 Å². The second-order valence-corrected chi connectivity index (χ2v) is 7.20. The molecule has 27 heavy (non-hydrogen) atoms. The molecule has 140 valence electrons. The minimum Gasteiger partial charge on any atom is -0.357 e. The van der Waals surface area contributed by atoms with Crippen molar-refractivity contribution in [1.82, 2.24) is 20.1 Å². The van der Waals surface area contributed by atoms with Gasteiger partial charge in [0.15, 0.2) is 0 Å². The van der Waals surface area contributed by atoms with E-state index < -0.39 is 0 Å². The smallest absolute Gasteiger partial charge is 0.234 e. The Hall–Kier alpha value is -2.63. The summed E-state index contributed by atoms with van der Waals surface area (Å²) >= 11 is 0. The lowest BCUT2D eigenvalue weighted by Gasteiger charge is -2.34. The van der Waals surface area contributed by atoms with Gasteiger partial charge in [0, 0.05) is 43.9 Å². The van der Waals surface area contributed by atoms with Gasteiger partial charge >= 0.3 is 0 Å². The van der Waals surface area contributed by atoms with E-state index in [1.54, 1.807) is 0 Å². The molecule has 2 aromatic carbocycles. The van der Waals surface area contributed by atoms with Crippen LogP contribution in [0.3, 0.4) is 0 Å². The Morgan fingerprint density at radius 2 is 1.63 bits per heavy atom. The first kappa shape index (κ1) is 17.8. The van der Waals surface area contributed by atoms with Crippen LogP contribution in [0.15, 0.2) is 60.7 Å². The highest BCUT2D eigenvalue weighted by molar-refractivity contribution is 5.81. The van der Waals surface area contributed by atoms with Crippen LogP contribution in [-0.4, -0.2) is 53.4 Å². The molecular weight excluding hydrogens is 336 g/mol. The lowest BCUT2D eigenvalue weighted by Crippen LogP contribution is -2.49. The third-order valence-electron chi connectivity index (χ3n) is 5.14. The minimum atomic E-state index is 0.0881. The lowest BCUT2D eigenvalue weighted by molar-refractivity contribution is -0.122. The quantitative estimate of drug-likeness (QED) is 0.709. The number of hydrogen-bond donors (Lipinski definition) is 2. The predicted molar refractivity (Wildman–Crippen MR) is 108 cm³/mol. The Labute approximate surface area is 160 Å². The van der Waals surface area contributed by atoms with Crippen molar-refractivity contribution in [3.63, 3.8) is 0 Å². The van der Waals surface area contributed by atoms with Crippen LogP contribution in [-0.2, 0) is 17.9 Å². The second-order valence-electron chi connectivity index (χ2n) is 7.20. The molecule has 1 aliphatic rings. The van der Waals surface area contributed by atoms with E-state index in [2.05, 4.69) is 68.6 Å². The number of H-pyrrole nitrogens is 1. The van der Waals surface area contributed by atoms with Gasteiger partial charge in [-0.3, -0.25) is 14.6 Å². The topological polar surface area (TPSA) is 51.4 Å². The molecular formula is C22H26N4O. The molecule has 0 bridgehead atoms. The number of nitrogens with zero attached hydrogens (tertiary/aromatic N) is 2. The molecule has 1 aromatic heterocycles. The highest BCUT2D eigenvalue weighted by Crippen LogP contribution is 2.14. The Morgan fingerprint density at radius 3 is 2.41 bits per heavy atom.